The van der Waals surface area contributed by atoms with E-state index in [1.54, 1.807) is 24.4 Å². The maximum Gasteiger partial charge on any atom is 0.256 e. The molecule has 1 aliphatic heterocycles. The number of nitrogens with zero attached hydrogens (tertiary/aromatic N) is 7. The number of pyridine rings is 1. The molecule has 1 aromatic carbocycles. The summed E-state index contributed by atoms with van der Waals surface area (Å²) in [5.41, 5.74) is 10.0. The lowest BCUT2D eigenvalue weighted by Gasteiger charge is -2.32. The topological polar surface area (TPSA) is 135 Å². The molecule has 0 radical (unpaired) electrons. The van der Waals surface area contributed by atoms with Gasteiger partial charge in [-0.1, -0.05) is 32.1 Å². The quantitative estimate of drug-likeness (QED) is 0.268. The number of carbonyl (C=O) groups excluding carboxylic acids is 2. The maximum atomic E-state index is 13.0. The Morgan fingerprint density at radius 3 is 2.66 bits per heavy atom. The molecule has 228 valence electrons. The smallest absolute Gasteiger partial charge is 0.256 e. The molecular formula is C33H39N9O2. The molecule has 3 aromatic heterocycles. The largest absolute Gasteiger partial charge is 0.383 e. The van der Waals surface area contributed by atoms with E-state index in [9.17, 15) is 9.59 Å². The van der Waals surface area contributed by atoms with Gasteiger partial charge in [0.1, 0.15) is 23.7 Å². The zero-order chi connectivity index (χ0) is 30.8. The number of amides is 2. The van der Waals surface area contributed by atoms with E-state index in [0.29, 0.717) is 59.0 Å². The highest BCUT2D eigenvalue weighted by molar-refractivity contribution is 6.04. The molecule has 6 rings (SSSR count). The van der Waals surface area contributed by atoms with Crippen LogP contribution in [0.4, 0.5) is 11.6 Å². The molecule has 0 spiro atoms. The standard InChI is InChI=1S/C33H39N9O2/c1-21(2)24-14-15-35-27(18-24)38-33(44)23-10-8-22(9-11-23)30-29-31(34)36-20-37-32(29)42(39-30)26-6-4-17-41(19-26)28(43)7-5-16-40(3)25-12-13-25/h5,7-11,14-15,18,20-21,25-26H,4,6,12-13,16-17,19H2,1-3H3,(H2,34,36,37)(H,35,38,44)/t26-/m1/s1. The number of hydrogen-bond acceptors (Lipinski definition) is 8. The van der Waals surface area contributed by atoms with Gasteiger partial charge in [-0.05, 0) is 68.5 Å². The number of hydrogen-bond donors (Lipinski definition) is 2. The second kappa shape index (κ2) is 12.5. The van der Waals surface area contributed by atoms with E-state index in [0.717, 1.165) is 30.5 Å². The molecule has 1 saturated carbocycles. The average molecular weight is 594 g/mol. The van der Waals surface area contributed by atoms with Crippen molar-refractivity contribution in [3.05, 3.63) is 72.2 Å². The zero-order valence-electron chi connectivity index (χ0n) is 25.5. The first-order chi connectivity index (χ1) is 21.3. The van der Waals surface area contributed by atoms with Gasteiger partial charge >= 0.3 is 0 Å². The molecule has 1 saturated heterocycles. The molecule has 4 aromatic rings. The van der Waals surface area contributed by atoms with Crippen LogP contribution in [0, 0.1) is 0 Å². The van der Waals surface area contributed by atoms with Gasteiger partial charge in [-0.15, -0.1) is 0 Å². The first kappa shape index (κ1) is 29.4. The van der Waals surface area contributed by atoms with Gasteiger partial charge in [0, 0.05) is 49.1 Å². The minimum Gasteiger partial charge on any atom is -0.383 e. The number of aromatic nitrogens is 5. The molecule has 11 nitrogen and oxygen atoms in total. The Labute approximate surface area is 257 Å². The fourth-order valence-corrected chi connectivity index (χ4v) is 5.74. The monoisotopic (exact) mass is 593 g/mol. The molecule has 11 heteroatoms. The van der Waals surface area contributed by atoms with Crippen LogP contribution in [-0.2, 0) is 4.79 Å². The highest BCUT2D eigenvalue weighted by Crippen LogP contribution is 2.34. The van der Waals surface area contributed by atoms with E-state index in [1.165, 1.54) is 19.2 Å². The lowest BCUT2D eigenvalue weighted by molar-refractivity contribution is -0.127. The maximum absolute atomic E-state index is 13.0. The molecule has 2 fully saturated rings. The molecule has 2 amide bonds. The Kier molecular flexibility index (Phi) is 8.38. The predicted octanol–water partition coefficient (Wildman–Crippen LogP) is 4.66. The van der Waals surface area contributed by atoms with Gasteiger partial charge in [-0.25, -0.2) is 19.6 Å². The third kappa shape index (κ3) is 6.33. The molecule has 4 heterocycles. The molecule has 1 aliphatic carbocycles. The number of nitrogens with one attached hydrogen (secondary N) is 1. The van der Waals surface area contributed by atoms with Crippen molar-refractivity contribution < 1.29 is 9.59 Å². The van der Waals surface area contributed by atoms with Crippen LogP contribution in [0.2, 0.25) is 0 Å². The van der Waals surface area contributed by atoms with Crippen LogP contribution < -0.4 is 11.1 Å². The fraction of sp³-hybridized carbons (Fsp3) is 0.394. The number of rotatable bonds is 9. The summed E-state index contributed by atoms with van der Waals surface area (Å²) in [6, 6.07) is 11.7. The van der Waals surface area contributed by atoms with Crippen molar-refractivity contribution >= 4 is 34.5 Å². The van der Waals surface area contributed by atoms with Crippen LogP contribution in [0.5, 0.6) is 0 Å². The molecular weight excluding hydrogens is 554 g/mol. The highest BCUT2D eigenvalue weighted by atomic mass is 16.2. The second-order valence-electron chi connectivity index (χ2n) is 12.1. The van der Waals surface area contributed by atoms with Crippen molar-refractivity contribution in [3.63, 3.8) is 0 Å². The summed E-state index contributed by atoms with van der Waals surface area (Å²) < 4.78 is 1.89. The second-order valence-corrected chi connectivity index (χ2v) is 12.1. The SMILES string of the molecule is CC(C)c1ccnc(NC(=O)c2ccc(-c3nn([C@@H]4CCCN(C(=O)C=CCN(C)C5CC5)C4)c4ncnc(N)c34)cc2)c1. The molecule has 1 atom stereocenters. The van der Waals surface area contributed by atoms with Crippen LogP contribution >= 0.6 is 0 Å². The van der Waals surface area contributed by atoms with Gasteiger partial charge in [0.15, 0.2) is 5.65 Å². The number of likely N-dealkylation sites (tertiary alicyclic amines) is 1. The minimum atomic E-state index is -0.247. The van der Waals surface area contributed by atoms with Crippen molar-refractivity contribution in [2.24, 2.45) is 0 Å². The van der Waals surface area contributed by atoms with Crippen LogP contribution in [0.25, 0.3) is 22.3 Å². The summed E-state index contributed by atoms with van der Waals surface area (Å²) in [5.74, 6) is 0.951. The molecule has 44 heavy (non-hydrogen) atoms. The van der Waals surface area contributed by atoms with E-state index >= 15 is 0 Å². The summed E-state index contributed by atoms with van der Waals surface area (Å²) in [6.45, 7) is 6.22. The third-order valence-corrected chi connectivity index (χ3v) is 8.51. The summed E-state index contributed by atoms with van der Waals surface area (Å²) in [5, 5.41) is 8.53. The lowest BCUT2D eigenvalue weighted by atomic mass is 10.0. The average Bonchev–Trinajstić information content (AvgIpc) is 3.81. The van der Waals surface area contributed by atoms with Crippen molar-refractivity contribution in [1.29, 1.82) is 0 Å². The summed E-state index contributed by atoms with van der Waals surface area (Å²) in [6.07, 6.45) is 11.0. The summed E-state index contributed by atoms with van der Waals surface area (Å²) in [4.78, 5) is 43.3. The number of fused-ring (bicyclic) bond motifs is 1. The predicted molar refractivity (Wildman–Crippen MR) is 171 cm³/mol. The summed E-state index contributed by atoms with van der Waals surface area (Å²) >= 11 is 0. The van der Waals surface area contributed by atoms with Crippen LogP contribution in [-0.4, -0.2) is 79.1 Å². The Balaban J connectivity index is 1.21. The molecule has 3 N–H and O–H groups in total. The number of nitrogens with two attached hydrogens (primary N) is 1. The normalized spacial score (nSPS) is 17.2. The number of benzene rings is 1. The van der Waals surface area contributed by atoms with E-state index in [-0.39, 0.29) is 17.9 Å². The minimum absolute atomic E-state index is 0.0183. The molecule has 2 aliphatic rings. The van der Waals surface area contributed by atoms with Crippen molar-refractivity contribution in [2.45, 2.75) is 57.5 Å². The van der Waals surface area contributed by atoms with Gasteiger partial charge < -0.3 is 16.0 Å². The first-order valence-corrected chi connectivity index (χ1v) is 15.3. The van der Waals surface area contributed by atoms with Gasteiger partial charge in [0.05, 0.1) is 11.4 Å². The van der Waals surface area contributed by atoms with E-state index in [4.69, 9.17) is 10.8 Å². The summed E-state index contributed by atoms with van der Waals surface area (Å²) in [7, 11) is 2.10. The van der Waals surface area contributed by atoms with Gasteiger partial charge in [-0.3, -0.25) is 14.5 Å². The molecule has 0 unspecified atom stereocenters. The first-order valence-electron chi connectivity index (χ1n) is 15.3. The molecule has 0 bridgehead atoms. The van der Waals surface area contributed by atoms with E-state index in [2.05, 4.69) is 46.1 Å². The highest BCUT2D eigenvalue weighted by Gasteiger charge is 2.29. The fourth-order valence-electron chi connectivity index (χ4n) is 5.74. The Bertz CT molecular complexity index is 1690. The third-order valence-electron chi connectivity index (χ3n) is 8.51. The zero-order valence-corrected chi connectivity index (χ0v) is 25.5. The van der Waals surface area contributed by atoms with Gasteiger partial charge in [0.25, 0.3) is 5.91 Å². The number of likely N-dealkylation sites (N-methyl/N-ethyl adjacent to an activating group) is 1. The Morgan fingerprint density at radius 2 is 1.91 bits per heavy atom. The van der Waals surface area contributed by atoms with Crippen LogP contribution in [0.1, 0.15) is 67.4 Å². The lowest BCUT2D eigenvalue weighted by Crippen LogP contribution is -2.40. The number of nitrogen functional groups attached to an aromatic ring is 1. The van der Waals surface area contributed by atoms with Crippen molar-refractivity contribution in [2.75, 3.05) is 37.7 Å². The van der Waals surface area contributed by atoms with Gasteiger partial charge in [0.2, 0.25) is 5.91 Å². The van der Waals surface area contributed by atoms with Crippen molar-refractivity contribution in [1.82, 2.24) is 34.5 Å². The van der Waals surface area contributed by atoms with E-state index < -0.39 is 0 Å². The number of piperidine rings is 1. The Morgan fingerprint density at radius 1 is 1.11 bits per heavy atom. The number of carbonyl (C=O) groups is 2. The van der Waals surface area contributed by atoms with E-state index in [1.807, 2.05) is 39.9 Å². The van der Waals surface area contributed by atoms with Crippen LogP contribution in [0.15, 0.2) is 61.1 Å². The number of anilines is 2. The van der Waals surface area contributed by atoms with Gasteiger partial charge in [-0.2, -0.15) is 5.10 Å². The van der Waals surface area contributed by atoms with Crippen molar-refractivity contribution in [3.8, 4) is 11.3 Å². The Hall–Kier alpha value is -4.64. The van der Waals surface area contributed by atoms with Crippen LogP contribution in [0.3, 0.4) is 0 Å².